The maximum absolute atomic E-state index is 5.49. The molecule has 0 fully saturated rings. The van der Waals surface area contributed by atoms with Crippen molar-refractivity contribution in [2.75, 3.05) is 5.73 Å². The first-order valence-electron chi connectivity index (χ1n) is 4.30. The monoisotopic (exact) mass is 186 g/mol. The minimum absolute atomic E-state index is 0.587. The number of nitrogens with two attached hydrogens (primary N) is 1. The van der Waals surface area contributed by atoms with Gasteiger partial charge in [-0.2, -0.15) is 0 Å². The summed E-state index contributed by atoms with van der Waals surface area (Å²) in [7, 11) is 0. The molecule has 70 valence electrons. The summed E-state index contributed by atoms with van der Waals surface area (Å²) in [5.74, 6) is 0.769. The number of pyridine rings is 1. The maximum atomic E-state index is 5.49. The number of anilines is 1. The lowest BCUT2D eigenvalue weighted by atomic mass is 10.2. The standard InChI is InChI=1S/C10H10N4/c11-9-6-13-10(14-7-9)5-8-1-3-12-4-2-8/h1-4,6-7H,5,11H2. The van der Waals surface area contributed by atoms with Crippen LogP contribution in [0.25, 0.3) is 0 Å². The maximum Gasteiger partial charge on any atom is 0.132 e. The normalized spacial score (nSPS) is 10.0. The molecule has 2 N–H and O–H groups in total. The van der Waals surface area contributed by atoms with Crippen LogP contribution < -0.4 is 5.73 Å². The van der Waals surface area contributed by atoms with E-state index in [9.17, 15) is 0 Å². The van der Waals surface area contributed by atoms with Gasteiger partial charge in [0.1, 0.15) is 5.82 Å². The molecule has 0 spiro atoms. The van der Waals surface area contributed by atoms with Gasteiger partial charge in [0, 0.05) is 18.8 Å². The Hall–Kier alpha value is -1.97. The molecule has 0 saturated heterocycles. The minimum atomic E-state index is 0.587. The molecule has 0 radical (unpaired) electrons. The fourth-order valence-electron chi connectivity index (χ4n) is 1.14. The average Bonchev–Trinajstić information content (AvgIpc) is 2.23. The quantitative estimate of drug-likeness (QED) is 0.761. The van der Waals surface area contributed by atoms with E-state index in [1.54, 1.807) is 24.8 Å². The first-order chi connectivity index (χ1) is 6.84. The van der Waals surface area contributed by atoms with Crippen molar-refractivity contribution in [2.24, 2.45) is 0 Å². The van der Waals surface area contributed by atoms with Gasteiger partial charge in [0.15, 0.2) is 0 Å². The highest BCUT2D eigenvalue weighted by Crippen LogP contribution is 2.04. The molecular formula is C10H10N4. The smallest absolute Gasteiger partial charge is 0.132 e. The zero-order valence-electron chi connectivity index (χ0n) is 7.59. The Morgan fingerprint density at radius 3 is 2.36 bits per heavy atom. The van der Waals surface area contributed by atoms with E-state index in [1.807, 2.05) is 12.1 Å². The molecule has 2 aromatic rings. The Kier molecular flexibility index (Phi) is 2.36. The van der Waals surface area contributed by atoms with Gasteiger partial charge in [0.2, 0.25) is 0 Å². The molecule has 0 aromatic carbocycles. The van der Waals surface area contributed by atoms with Crippen LogP contribution >= 0.6 is 0 Å². The molecule has 0 aliphatic rings. The van der Waals surface area contributed by atoms with Crippen molar-refractivity contribution in [2.45, 2.75) is 6.42 Å². The molecule has 0 saturated carbocycles. The number of aromatic nitrogens is 3. The summed E-state index contributed by atoms with van der Waals surface area (Å²) in [6.45, 7) is 0. The number of hydrogen-bond donors (Lipinski definition) is 1. The summed E-state index contributed by atoms with van der Waals surface area (Å²) < 4.78 is 0. The molecule has 14 heavy (non-hydrogen) atoms. The van der Waals surface area contributed by atoms with Crippen LogP contribution in [0.5, 0.6) is 0 Å². The fourth-order valence-corrected chi connectivity index (χ4v) is 1.14. The van der Waals surface area contributed by atoms with Gasteiger partial charge >= 0.3 is 0 Å². The lowest BCUT2D eigenvalue weighted by Crippen LogP contribution is -1.97. The van der Waals surface area contributed by atoms with Crippen molar-refractivity contribution in [3.05, 3.63) is 48.3 Å². The predicted octanol–water partition coefficient (Wildman–Crippen LogP) is 1.04. The summed E-state index contributed by atoms with van der Waals surface area (Å²) >= 11 is 0. The third-order valence-electron chi connectivity index (χ3n) is 1.84. The summed E-state index contributed by atoms with van der Waals surface area (Å²) in [6.07, 6.45) is 7.45. The molecular weight excluding hydrogens is 176 g/mol. The molecule has 2 aromatic heterocycles. The summed E-state index contributed by atoms with van der Waals surface area (Å²) in [5.41, 5.74) is 7.21. The Morgan fingerprint density at radius 1 is 1.07 bits per heavy atom. The van der Waals surface area contributed by atoms with E-state index >= 15 is 0 Å². The second-order valence-corrected chi connectivity index (χ2v) is 2.96. The van der Waals surface area contributed by atoms with Crippen LogP contribution in [0.4, 0.5) is 5.69 Å². The molecule has 4 nitrogen and oxygen atoms in total. The van der Waals surface area contributed by atoms with Gasteiger partial charge in [0.05, 0.1) is 18.1 Å². The Balaban J connectivity index is 2.16. The van der Waals surface area contributed by atoms with Gasteiger partial charge in [-0.05, 0) is 17.7 Å². The lowest BCUT2D eigenvalue weighted by Gasteiger charge is -1.99. The van der Waals surface area contributed by atoms with E-state index in [2.05, 4.69) is 15.0 Å². The largest absolute Gasteiger partial charge is 0.396 e. The Bertz CT molecular complexity index is 396. The van der Waals surface area contributed by atoms with Crippen LogP contribution in [0, 0.1) is 0 Å². The van der Waals surface area contributed by atoms with Crippen LogP contribution in [0.1, 0.15) is 11.4 Å². The Labute approximate surface area is 81.9 Å². The molecule has 2 rings (SSSR count). The summed E-state index contributed by atoms with van der Waals surface area (Å²) in [6, 6.07) is 3.89. The third kappa shape index (κ3) is 2.04. The average molecular weight is 186 g/mol. The van der Waals surface area contributed by atoms with E-state index in [4.69, 9.17) is 5.73 Å². The van der Waals surface area contributed by atoms with Crippen molar-refractivity contribution in [1.29, 1.82) is 0 Å². The van der Waals surface area contributed by atoms with Crippen molar-refractivity contribution in [3.63, 3.8) is 0 Å². The van der Waals surface area contributed by atoms with Gasteiger partial charge in [-0.25, -0.2) is 9.97 Å². The highest BCUT2D eigenvalue weighted by Gasteiger charge is 1.97. The van der Waals surface area contributed by atoms with Crippen molar-refractivity contribution in [1.82, 2.24) is 15.0 Å². The van der Waals surface area contributed by atoms with E-state index in [0.29, 0.717) is 12.1 Å². The molecule has 0 bridgehead atoms. The molecule has 0 unspecified atom stereocenters. The van der Waals surface area contributed by atoms with Crippen LogP contribution in [0.15, 0.2) is 36.9 Å². The van der Waals surface area contributed by atoms with E-state index in [0.717, 1.165) is 11.4 Å². The number of hydrogen-bond acceptors (Lipinski definition) is 4. The van der Waals surface area contributed by atoms with Crippen LogP contribution in [-0.2, 0) is 6.42 Å². The lowest BCUT2D eigenvalue weighted by molar-refractivity contribution is 0.967. The number of rotatable bonds is 2. The van der Waals surface area contributed by atoms with E-state index in [1.165, 1.54) is 0 Å². The molecule has 2 heterocycles. The van der Waals surface area contributed by atoms with Crippen molar-refractivity contribution in [3.8, 4) is 0 Å². The van der Waals surface area contributed by atoms with Gasteiger partial charge in [-0.3, -0.25) is 4.98 Å². The Morgan fingerprint density at radius 2 is 1.71 bits per heavy atom. The fraction of sp³-hybridized carbons (Fsp3) is 0.100. The van der Waals surface area contributed by atoms with Gasteiger partial charge < -0.3 is 5.73 Å². The molecule has 0 atom stereocenters. The van der Waals surface area contributed by atoms with Gasteiger partial charge in [0.25, 0.3) is 0 Å². The van der Waals surface area contributed by atoms with Crippen molar-refractivity contribution < 1.29 is 0 Å². The van der Waals surface area contributed by atoms with Crippen LogP contribution in [0.2, 0.25) is 0 Å². The minimum Gasteiger partial charge on any atom is -0.396 e. The predicted molar refractivity (Wildman–Crippen MR) is 53.5 cm³/mol. The summed E-state index contributed by atoms with van der Waals surface area (Å²) in [5, 5.41) is 0. The molecule has 0 aliphatic carbocycles. The first kappa shape index (κ1) is 8.62. The molecule has 0 amide bonds. The second kappa shape index (κ2) is 3.83. The molecule has 0 aliphatic heterocycles. The second-order valence-electron chi connectivity index (χ2n) is 2.96. The summed E-state index contributed by atoms with van der Waals surface area (Å²) in [4.78, 5) is 12.2. The van der Waals surface area contributed by atoms with E-state index in [-0.39, 0.29) is 0 Å². The third-order valence-corrected chi connectivity index (χ3v) is 1.84. The van der Waals surface area contributed by atoms with Crippen LogP contribution in [-0.4, -0.2) is 15.0 Å². The zero-order chi connectivity index (χ0) is 9.80. The first-order valence-corrected chi connectivity index (χ1v) is 4.30. The SMILES string of the molecule is Nc1cnc(Cc2ccncc2)nc1. The molecule has 4 heteroatoms. The van der Waals surface area contributed by atoms with Gasteiger partial charge in [-0.15, -0.1) is 0 Å². The van der Waals surface area contributed by atoms with Gasteiger partial charge in [-0.1, -0.05) is 0 Å². The number of nitrogen functional groups attached to an aromatic ring is 1. The topological polar surface area (TPSA) is 64.7 Å². The highest BCUT2D eigenvalue weighted by molar-refractivity contribution is 5.30. The number of nitrogens with zero attached hydrogens (tertiary/aromatic N) is 3. The van der Waals surface area contributed by atoms with E-state index < -0.39 is 0 Å². The van der Waals surface area contributed by atoms with Crippen LogP contribution in [0.3, 0.4) is 0 Å². The van der Waals surface area contributed by atoms with Crippen molar-refractivity contribution >= 4 is 5.69 Å². The highest BCUT2D eigenvalue weighted by atomic mass is 14.9. The zero-order valence-corrected chi connectivity index (χ0v) is 7.59.